The van der Waals surface area contributed by atoms with Crippen molar-refractivity contribution in [3.05, 3.63) is 12.3 Å². The molecule has 0 spiro atoms. The fourth-order valence-electron chi connectivity index (χ4n) is 2.72. The Bertz CT molecular complexity index is 563. The lowest BCUT2D eigenvalue weighted by atomic mass is 10.3. The molecular weight excluding hydrogens is 390 g/mol. The smallest absolute Gasteiger partial charge is 0.155 e. The minimum atomic E-state index is -0.0196. The standard InChI is InChI=1S/C21H37N3O6/c1-17(22-6-9-29-10-11-30-16-21(5)28)12-23(13-18(2)25)7-8-24(14-19(3)26)15-20(4)27/h22H,1,6-16H2,2-5H3. The van der Waals surface area contributed by atoms with Gasteiger partial charge in [0.2, 0.25) is 0 Å². The van der Waals surface area contributed by atoms with Gasteiger partial charge in [-0.25, -0.2) is 0 Å². The summed E-state index contributed by atoms with van der Waals surface area (Å²) in [5, 5.41) is 3.16. The van der Waals surface area contributed by atoms with Crippen LogP contribution in [0.3, 0.4) is 0 Å². The Balaban J connectivity index is 4.28. The van der Waals surface area contributed by atoms with Gasteiger partial charge < -0.3 is 14.8 Å². The van der Waals surface area contributed by atoms with Crippen LogP contribution in [0.1, 0.15) is 27.7 Å². The van der Waals surface area contributed by atoms with Crippen molar-refractivity contribution in [1.82, 2.24) is 15.1 Å². The summed E-state index contributed by atoms with van der Waals surface area (Å²) in [5.41, 5.74) is 0.748. The number of hydrogen-bond donors (Lipinski definition) is 1. The van der Waals surface area contributed by atoms with Crippen LogP contribution in [0, 0.1) is 0 Å². The van der Waals surface area contributed by atoms with E-state index in [1.54, 1.807) is 4.90 Å². The first kappa shape index (κ1) is 28.1. The van der Waals surface area contributed by atoms with Gasteiger partial charge in [0.05, 0.1) is 39.5 Å². The van der Waals surface area contributed by atoms with Gasteiger partial charge in [-0.2, -0.15) is 0 Å². The Labute approximate surface area is 179 Å². The highest BCUT2D eigenvalue weighted by Gasteiger charge is 2.14. The van der Waals surface area contributed by atoms with Gasteiger partial charge in [-0.3, -0.25) is 29.0 Å². The van der Waals surface area contributed by atoms with Crippen molar-refractivity contribution in [3.63, 3.8) is 0 Å². The third-order valence-electron chi connectivity index (χ3n) is 3.78. The first-order chi connectivity index (χ1) is 14.1. The molecule has 0 aromatic carbocycles. The van der Waals surface area contributed by atoms with Crippen LogP contribution in [0.4, 0.5) is 0 Å². The van der Waals surface area contributed by atoms with Crippen molar-refractivity contribution < 1.29 is 28.7 Å². The number of nitrogens with one attached hydrogen (secondary N) is 1. The molecule has 0 aliphatic carbocycles. The molecule has 9 heteroatoms. The fraction of sp³-hybridized carbons (Fsp3) is 0.714. The van der Waals surface area contributed by atoms with Crippen molar-refractivity contribution in [2.24, 2.45) is 0 Å². The largest absolute Gasteiger partial charge is 0.385 e. The molecule has 0 unspecified atom stereocenters. The van der Waals surface area contributed by atoms with Crippen LogP contribution in [0.25, 0.3) is 0 Å². The molecule has 0 saturated carbocycles. The van der Waals surface area contributed by atoms with E-state index >= 15 is 0 Å². The number of hydrogen-bond acceptors (Lipinski definition) is 9. The Morgan fingerprint density at radius 2 is 1.17 bits per heavy atom. The molecule has 0 bridgehead atoms. The molecule has 0 radical (unpaired) electrons. The number of carbonyl (C=O) groups excluding carboxylic acids is 4. The lowest BCUT2D eigenvalue weighted by molar-refractivity contribution is -0.122. The molecule has 9 nitrogen and oxygen atoms in total. The van der Waals surface area contributed by atoms with Gasteiger partial charge in [0.25, 0.3) is 0 Å². The first-order valence-corrected chi connectivity index (χ1v) is 10.1. The molecule has 0 amide bonds. The van der Waals surface area contributed by atoms with Crippen molar-refractivity contribution in [3.8, 4) is 0 Å². The predicted octanol–water partition coefficient (Wildman–Crippen LogP) is 0.0829. The van der Waals surface area contributed by atoms with Gasteiger partial charge in [0.1, 0.15) is 24.0 Å². The summed E-state index contributed by atoms with van der Waals surface area (Å²) in [6.07, 6.45) is 0. The molecule has 0 fully saturated rings. The molecule has 0 heterocycles. The molecule has 0 aromatic rings. The maximum Gasteiger partial charge on any atom is 0.155 e. The lowest BCUT2D eigenvalue weighted by Crippen LogP contribution is -2.42. The molecule has 0 atom stereocenters. The summed E-state index contributed by atoms with van der Waals surface area (Å²) in [6.45, 7) is 14.0. The number of ether oxygens (including phenoxy) is 2. The molecule has 172 valence electrons. The van der Waals surface area contributed by atoms with E-state index in [1.165, 1.54) is 27.7 Å². The van der Waals surface area contributed by atoms with Crippen LogP contribution in [0.2, 0.25) is 0 Å². The van der Waals surface area contributed by atoms with E-state index in [4.69, 9.17) is 9.47 Å². The maximum absolute atomic E-state index is 11.6. The van der Waals surface area contributed by atoms with Crippen LogP contribution >= 0.6 is 0 Å². The monoisotopic (exact) mass is 427 g/mol. The molecule has 30 heavy (non-hydrogen) atoms. The van der Waals surface area contributed by atoms with Crippen LogP contribution < -0.4 is 5.32 Å². The highest BCUT2D eigenvalue weighted by atomic mass is 16.5. The summed E-state index contributed by atoms with van der Waals surface area (Å²) in [6, 6.07) is 0. The second kappa shape index (κ2) is 16.8. The van der Waals surface area contributed by atoms with E-state index in [-0.39, 0.29) is 49.4 Å². The van der Waals surface area contributed by atoms with E-state index in [0.29, 0.717) is 46.0 Å². The summed E-state index contributed by atoms with van der Waals surface area (Å²) in [7, 11) is 0. The van der Waals surface area contributed by atoms with Gasteiger partial charge in [-0.1, -0.05) is 6.58 Å². The Hall–Kier alpha value is -1.94. The average molecular weight is 428 g/mol. The van der Waals surface area contributed by atoms with Gasteiger partial charge in [0.15, 0.2) is 5.78 Å². The highest BCUT2D eigenvalue weighted by molar-refractivity contribution is 5.80. The molecule has 0 saturated heterocycles. The van der Waals surface area contributed by atoms with Gasteiger partial charge in [-0.15, -0.1) is 0 Å². The topological polar surface area (TPSA) is 105 Å². The zero-order chi connectivity index (χ0) is 22.9. The van der Waals surface area contributed by atoms with Crippen LogP contribution in [0.5, 0.6) is 0 Å². The summed E-state index contributed by atoms with van der Waals surface area (Å²) in [5.74, 6) is -0.00514. The van der Waals surface area contributed by atoms with Crippen molar-refractivity contribution in [2.75, 3.05) is 72.2 Å². The summed E-state index contributed by atoms with van der Waals surface area (Å²) >= 11 is 0. The zero-order valence-electron chi connectivity index (χ0n) is 18.8. The van der Waals surface area contributed by atoms with Crippen molar-refractivity contribution >= 4 is 23.1 Å². The van der Waals surface area contributed by atoms with E-state index < -0.39 is 0 Å². The van der Waals surface area contributed by atoms with E-state index in [0.717, 1.165) is 5.70 Å². The first-order valence-electron chi connectivity index (χ1n) is 10.1. The quantitative estimate of drug-likeness (QED) is 0.270. The number of rotatable bonds is 20. The Morgan fingerprint density at radius 1 is 0.700 bits per heavy atom. The lowest BCUT2D eigenvalue weighted by Gasteiger charge is -2.26. The van der Waals surface area contributed by atoms with Gasteiger partial charge >= 0.3 is 0 Å². The van der Waals surface area contributed by atoms with Gasteiger partial charge in [0, 0.05) is 31.9 Å². The minimum absolute atomic E-state index is 0.00728. The second-order valence-electron chi connectivity index (χ2n) is 7.42. The third kappa shape index (κ3) is 18.1. The molecule has 1 N–H and O–H groups in total. The molecule has 0 aliphatic rings. The van der Waals surface area contributed by atoms with E-state index in [2.05, 4.69) is 11.9 Å². The number of carbonyl (C=O) groups is 4. The summed E-state index contributed by atoms with van der Waals surface area (Å²) in [4.78, 5) is 48.9. The zero-order valence-corrected chi connectivity index (χ0v) is 18.8. The van der Waals surface area contributed by atoms with Crippen molar-refractivity contribution in [1.29, 1.82) is 0 Å². The molecule has 0 aromatic heterocycles. The molecule has 0 aliphatic heterocycles. The van der Waals surface area contributed by atoms with Crippen LogP contribution in [-0.2, 0) is 28.7 Å². The minimum Gasteiger partial charge on any atom is -0.385 e. The summed E-state index contributed by atoms with van der Waals surface area (Å²) < 4.78 is 10.5. The molecular formula is C21H37N3O6. The Kier molecular flexibility index (Phi) is 15.7. The average Bonchev–Trinajstić information content (AvgIpc) is 2.60. The SMILES string of the molecule is C=C(CN(CCN(CC(C)=O)CC(C)=O)CC(C)=O)NCCOCCOCC(C)=O. The highest BCUT2D eigenvalue weighted by Crippen LogP contribution is 1.98. The van der Waals surface area contributed by atoms with Crippen molar-refractivity contribution in [2.45, 2.75) is 27.7 Å². The van der Waals surface area contributed by atoms with Crippen LogP contribution in [-0.4, -0.2) is 105 Å². The van der Waals surface area contributed by atoms with Crippen LogP contribution in [0.15, 0.2) is 12.3 Å². The van der Waals surface area contributed by atoms with E-state index in [1.807, 2.05) is 4.90 Å². The normalized spacial score (nSPS) is 11.0. The van der Waals surface area contributed by atoms with E-state index in [9.17, 15) is 19.2 Å². The predicted molar refractivity (Wildman–Crippen MR) is 114 cm³/mol. The molecule has 0 rings (SSSR count). The second-order valence-corrected chi connectivity index (χ2v) is 7.42. The number of ketones is 4. The Morgan fingerprint density at radius 3 is 1.63 bits per heavy atom. The fourth-order valence-corrected chi connectivity index (χ4v) is 2.72. The maximum atomic E-state index is 11.6. The third-order valence-corrected chi connectivity index (χ3v) is 3.78. The van der Waals surface area contributed by atoms with Gasteiger partial charge in [-0.05, 0) is 27.7 Å². The number of nitrogens with zero attached hydrogens (tertiary/aromatic N) is 2. The number of Topliss-reactive ketones (excluding diaryl/α,β-unsaturated/α-hetero) is 4.